The Hall–Kier alpha value is -1.98. The summed E-state index contributed by atoms with van der Waals surface area (Å²) < 4.78 is 1.35. The summed E-state index contributed by atoms with van der Waals surface area (Å²) in [4.78, 5) is 18.3. The van der Waals surface area contributed by atoms with Gasteiger partial charge in [-0.1, -0.05) is 0 Å². The van der Waals surface area contributed by atoms with E-state index in [4.69, 9.17) is 5.11 Å². The van der Waals surface area contributed by atoms with E-state index in [9.17, 15) is 4.79 Å². The number of nitrogens with zero attached hydrogens (tertiary/aromatic N) is 4. The highest BCUT2D eigenvalue weighted by atomic mass is 16.4. The molecule has 0 aliphatic carbocycles. The highest BCUT2D eigenvalue weighted by Crippen LogP contribution is 2.00. The maximum atomic E-state index is 10.5. The SMILES string of the molecule is Cc1nc2ncc(C(=O)O)cn2n1. The second kappa shape index (κ2) is 2.51. The van der Waals surface area contributed by atoms with Crippen molar-refractivity contribution in [2.45, 2.75) is 6.92 Å². The van der Waals surface area contributed by atoms with E-state index in [-0.39, 0.29) is 5.56 Å². The number of carbonyl (C=O) groups is 1. The topological polar surface area (TPSA) is 80.4 Å². The Morgan fingerprint density at radius 2 is 2.38 bits per heavy atom. The van der Waals surface area contributed by atoms with Crippen molar-refractivity contribution in [3.63, 3.8) is 0 Å². The van der Waals surface area contributed by atoms with Gasteiger partial charge in [0, 0.05) is 12.4 Å². The van der Waals surface area contributed by atoms with E-state index in [0.717, 1.165) is 0 Å². The van der Waals surface area contributed by atoms with Crippen molar-refractivity contribution >= 4 is 11.7 Å². The summed E-state index contributed by atoms with van der Waals surface area (Å²) in [6.07, 6.45) is 2.64. The number of rotatable bonds is 1. The molecule has 0 aromatic carbocycles. The molecule has 0 radical (unpaired) electrons. The Labute approximate surface area is 72.9 Å². The molecule has 66 valence electrons. The van der Waals surface area contributed by atoms with E-state index in [1.165, 1.54) is 16.9 Å². The van der Waals surface area contributed by atoms with E-state index >= 15 is 0 Å². The molecule has 2 aromatic heterocycles. The maximum Gasteiger partial charge on any atom is 0.338 e. The van der Waals surface area contributed by atoms with Crippen LogP contribution in [0.5, 0.6) is 0 Å². The zero-order valence-electron chi connectivity index (χ0n) is 6.80. The molecule has 1 N–H and O–H groups in total. The highest BCUT2D eigenvalue weighted by Gasteiger charge is 2.06. The van der Waals surface area contributed by atoms with Gasteiger partial charge in [-0.2, -0.15) is 10.1 Å². The first-order valence-corrected chi connectivity index (χ1v) is 3.59. The first-order valence-electron chi connectivity index (χ1n) is 3.59. The average Bonchev–Trinajstić information content (AvgIpc) is 2.42. The summed E-state index contributed by atoms with van der Waals surface area (Å²) in [6.45, 7) is 1.72. The van der Waals surface area contributed by atoms with Gasteiger partial charge in [0.15, 0.2) is 0 Å². The molecule has 0 aliphatic rings. The van der Waals surface area contributed by atoms with E-state index in [1.54, 1.807) is 6.92 Å². The van der Waals surface area contributed by atoms with Gasteiger partial charge < -0.3 is 5.11 Å². The molecule has 0 saturated heterocycles. The Bertz CT molecular complexity index is 476. The van der Waals surface area contributed by atoms with Crippen LogP contribution in [0.4, 0.5) is 0 Å². The fourth-order valence-electron chi connectivity index (χ4n) is 0.996. The molecule has 0 unspecified atom stereocenters. The minimum atomic E-state index is -1.03. The lowest BCUT2D eigenvalue weighted by Gasteiger charge is -1.92. The van der Waals surface area contributed by atoms with Gasteiger partial charge >= 0.3 is 5.97 Å². The zero-order valence-corrected chi connectivity index (χ0v) is 6.80. The summed E-state index contributed by atoms with van der Waals surface area (Å²) in [5, 5.41) is 12.6. The number of hydrogen-bond donors (Lipinski definition) is 1. The number of aromatic carboxylic acids is 1. The van der Waals surface area contributed by atoms with Crippen molar-refractivity contribution in [3.05, 3.63) is 23.8 Å². The van der Waals surface area contributed by atoms with E-state index in [0.29, 0.717) is 11.6 Å². The first-order chi connectivity index (χ1) is 6.16. The normalized spacial score (nSPS) is 10.5. The third-order valence-electron chi connectivity index (χ3n) is 1.55. The van der Waals surface area contributed by atoms with Gasteiger partial charge in [0.25, 0.3) is 5.78 Å². The molecule has 0 bridgehead atoms. The standard InChI is InChI=1S/C7H6N4O2/c1-4-9-7-8-2-5(6(12)13)3-11(7)10-4/h2-3H,1H3,(H,12,13). The molecular weight excluding hydrogens is 172 g/mol. The van der Waals surface area contributed by atoms with E-state index in [2.05, 4.69) is 15.1 Å². The van der Waals surface area contributed by atoms with Crippen LogP contribution < -0.4 is 0 Å². The van der Waals surface area contributed by atoms with Crippen molar-refractivity contribution in [2.75, 3.05) is 0 Å². The molecule has 0 amide bonds. The van der Waals surface area contributed by atoms with Crippen molar-refractivity contribution in [2.24, 2.45) is 0 Å². The summed E-state index contributed by atoms with van der Waals surface area (Å²) >= 11 is 0. The van der Waals surface area contributed by atoms with Crippen molar-refractivity contribution in [3.8, 4) is 0 Å². The lowest BCUT2D eigenvalue weighted by Crippen LogP contribution is -2.01. The Morgan fingerprint density at radius 1 is 1.62 bits per heavy atom. The van der Waals surface area contributed by atoms with Crippen LogP contribution in [-0.2, 0) is 0 Å². The molecule has 0 atom stereocenters. The third-order valence-corrected chi connectivity index (χ3v) is 1.55. The minimum Gasteiger partial charge on any atom is -0.478 e. The molecule has 0 fully saturated rings. The van der Waals surface area contributed by atoms with Crippen LogP contribution in [0.25, 0.3) is 5.78 Å². The van der Waals surface area contributed by atoms with Gasteiger partial charge in [0.2, 0.25) is 0 Å². The Kier molecular flexibility index (Phi) is 1.48. The summed E-state index contributed by atoms with van der Waals surface area (Å²) in [7, 11) is 0. The summed E-state index contributed by atoms with van der Waals surface area (Å²) in [6, 6.07) is 0. The van der Waals surface area contributed by atoms with Crippen LogP contribution in [0.15, 0.2) is 12.4 Å². The first kappa shape index (κ1) is 7.66. The summed E-state index contributed by atoms with van der Waals surface area (Å²) in [5.41, 5.74) is 0.0948. The average molecular weight is 178 g/mol. The number of carboxylic acids is 1. The highest BCUT2D eigenvalue weighted by molar-refractivity contribution is 5.86. The van der Waals surface area contributed by atoms with Crippen LogP contribution in [0.2, 0.25) is 0 Å². The van der Waals surface area contributed by atoms with Crippen LogP contribution in [0.3, 0.4) is 0 Å². The van der Waals surface area contributed by atoms with Gasteiger partial charge in [-0.3, -0.25) is 0 Å². The molecule has 6 nitrogen and oxygen atoms in total. The van der Waals surface area contributed by atoms with E-state index in [1.807, 2.05) is 0 Å². The molecule has 13 heavy (non-hydrogen) atoms. The largest absolute Gasteiger partial charge is 0.478 e. The lowest BCUT2D eigenvalue weighted by atomic mass is 10.4. The number of aryl methyl sites for hydroxylation is 1. The van der Waals surface area contributed by atoms with Gasteiger partial charge in [-0.15, -0.1) is 0 Å². The molecule has 6 heteroatoms. The minimum absolute atomic E-state index is 0.0948. The third kappa shape index (κ3) is 1.22. The number of hydrogen-bond acceptors (Lipinski definition) is 4. The van der Waals surface area contributed by atoms with E-state index < -0.39 is 5.97 Å². The molecular formula is C7H6N4O2. The fourth-order valence-corrected chi connectivity index (χ4v) is 0.996. The number of fused-ring (bicyclic) bond motifs is 1. The molecule has 0 aliphatic heterocycles. The van der Waals surface area contributed by atoms with Gasteiger partial charge in [-0.05, 0) is 6.92 Å². The second-order valence-corrected chi connectivity index (χ2v) is 2.55. The Morgan fingerprint density at radius 3 is 3.08 bits per heavy atom. The van der Waals surface area contributed by atoms with Crippen LogP contribution >= 0.6 is 0 Å². The van der Waals surface area contributed by atoms with Gasteiger partial charge in [0.1, 0.15) is 5.82 Å². The lowest BCUT2D eigenvalue weighted by molar-refractivity contribution is 0.0695. The Balaban J connectivity index is 2.67. The number of carboxylic acid groups (broad SMARTS) is 1. The maximum absolute atomic E-state index is 10.5. The summed E-state index contributed by atoms with van der Waals surface area (Å²) in [5.74, 6) is -0.0555. The van der Waals surface area contributed by atoms with Crippen LogP contribution in [0.1, 0.15) is 16.2 Å². The molecule has 0 spiro atoms. The molecule has 2 rings (SSSR count). The predicted molar refractivity (Wildman–Crippen MR) is 42.5 cm³/mol. The quantitative estimate of drug-likeness (QED) is 0.671. The predicted octanol–water partition coefficient (Wildman–Crippen LogP) is 0.131. The zero-order chi connectivity index (χ0) is 9.42. The smallest absolute Gasteiger partial charge is 0.338 e. The molecule has 2 aromatic rings. The van der Waals surface area contributed by atoms with Gasteiger partial charge in [-0.25, -0.2) is 14.3 Å². The van der Waals surface area contributed by atoms with Crippen LogP contribution in [-0.4, -0.2) is 30.7 Å². The van der Waals surface area contributed by atoms with Gasteiger partial charge in [0.05, 0.1) is 5.56 Å². The number of aromatic nitrogens is 4. The fraction of sp³-hybridized carbons (Fsp3) is 0.143. The molecule has 0 saturated carbocycles. The monoisotopic (exact) mass is 178 g/mol. The van der Waals surface area contributed by atoms with Crippen molar-refractivity contribution < 1.29 is 9.90 Å². The van der Waals surface area contributed by atoms with Crippen molar-refractivity contribution in [1.82, 2.24) is 19.6 Å². The second-order valence-electron chi connectivity index (χ2n) is 2.55. The van der Waals surface area contributed by atoms with Crippen molar-refractivity contribution in [1.29, 1.82) is 0 Å². The van der Waals surface area contributed by atoms with Crippen LogP contribution in [0, 0.1) is 6.92 Å². The molecule has 2 heterocycles.